The summed E-state index contributed by atoms with van der Waals surface area (Å²) in [6.07, 6.45) is 5.69. The summed E-state index contributed by atoms with van der Waals surface area (Å²) < 4.78 is 1.76. The predicted molar refractivity (Wildman–Crippen MR) is 83.6 cm³/mol. The second-order valence-corrected chi connectivity index (χ2v) is 5.88. The summed E-state index contributed by atoms with van der Waals surface area (Å²) in [7, 11) is 3.99. The van der Waals surface area contributed by atoms with E-state index in [0.717, 1.165) is 31.0 Å². The Bertz CT molecular complexity index is 613. The van der Waals surface area contributed by atoms with Gasteiger partial charge in [-0.2, -0.15) is 5.10 Å². The second kappa shape index (κ2) is 6.41. The van der Waals surface area contributed by atoms with Crippen molar-refractivity contribution in [3.8, 4) is 0 Å². The standard InChI is InChI=1S/C15H22N6O/c1-19(2)15-13-10-20(7-4-14(13)16-11-17-15)8-12(22)9-21-6-3-5-18-21/h3,5-6,11-12,22H,4,7-10H2,1-2H3/t12-/m0/s1. The number of β-amino-alcohol motifs (C(OH)–C–C–N with tert-alkyl or cyclic N) is 1. The largest absolute Gasteiger partial charge is 0.390 e. The van der Waals surface area contributed by atoms with Crippen molar-refractivity contribution in [2.24, 2.45) is 0 Å². The molecule has 0 saturated heterocycles. The van der Waals surface area contributed by atoms with E-state index in [9.17, 15) is 5.11 Å². The molecule has 0 radical (unpaired) electrons. The zero-order valence-corrected chi connectivity index (χ0v) is 13.1. The molecule has 118 valence electrons. The Labute approximate surface area is 130 Å². The molecule has 1 aliphatic heterocycles. The van der Waals surface area contributed by atoms with Crippen LogP contribution < -0.4 is 4.90 Å². The molecule has 3 rings (SSSR count). The van der Waals surface area contributed by atoms with E-state index < -0.39 is 6.10 Å². The summed E-state index contributed by atoms with van der Waals surface area (Å²) in [6.45, 7) is 2.83. The van der Waals surface area contributed by atoms with Crippen molar-refractivity contribution in [2.75, 3.05) is 32.1 Å². The summed E-state index contributed by atoms with van der Waals surface area (Å²) in [5.41, 5.74) is 2.29. The van der Waals surface area contributed by atoms with Crippen LogP contribution in [-0.4, -0.2) is 63.0 Å². The third kappa shape index (κ3) is 3.26. The molecule has 7 heteroatoms. The normalized spacial score (nSPS) is 16.3. The van der Waals surface area contributed by atoms with Gasteiger partial charge in [-0.25, -0.2) is 9.97 Å². The molecule has 0 amide bonds. The minimum Gasteiger partial charge on any atom is -0.390 e. The van der Waals surface area contributed by atoms with E-state index in [4.69, 9.17) is 0 Å². The van der Waals surface area contributed by atoms with Crippen molar-refractivity contribution >= 4 is 5.82 Å². The molecule has 0 bridgehead atoms. The van der Waals surface area contributed by atoms with Gasteiger partial charge in [0.05, 0.1) is 18.3 Å². The van der Waals surface area contributed by atoms with Gasteiger partial charge >= 0.3 is 0 Å². The zero-order valence-electron chi connectivity index (χ0n) is 13.1. The van der Waals surface area contributed by atoms with Crippen LogP contribution in [0.15, 0.2) is 24.8 Å². The van der Waals surface area contributed by atoms with Gasteiger partial charge < -0.3 is 10.0 Å². The van der Waals surface area contributed by atoms with Gasteiger partial charge in [-0.3, -0.25) is 9.58 Å². The Morgan fingerprint density at radius 3 is 2.91 bits per heavy atom. The van der Waals surface area contributed by atoms with Crippen LogP contribution >= 0.6 is 0 Å². The first kappa shape index (κ1) is 14.9. The van der Waals surface area contributed by atoms with Crippen molar-refractivity contribution in [2.45, 2.75) is 25.6 Å². The molecule has 0 fully saturated rings. The molecule has 0 aliphatic carbocycles. The lowest BCUT2D eigenvalue weighted by molar-refractivity contribution is 0.0885. The number of aromatic nitrogens is 4. The van der Waals surface area contributed by atoms with E-state index in [1.54, 1.807) is 17.2 Å². The maximum absolute atomic E-state index is 10.3. The predicted octanol–water partition coefficient (Wildman–Crippen LogP) is 0.158. The van der Waals surface area contributed by atoms with Crippen LogP contribution in [0.5, 0.6) is 0 Å². The highest BCUT2D eigenvalue weighted by Gasteiger charge is 2.23. The smallest absolute Gasteiger partial charge is 0.136 e. The average Bonchev–Trinajstić information content (AvgIpc) is 2.99. The molecule has 2 aromatic heterocycles. The third-order valence-corrected chi connectivity index (χ3v) is 3.91. The minimum absolute atomic E-state index is 0.436. The van der Waals surface area contributed by atoms with Crippen molar-refractivity contribution in [3.05, 3.63) is 36.0 Å². The molecule has 0 saturated carbocycles. The van der Waals surface area contributed by atoms with Gasteiger partial charge in [-0.1, -0.05) is 0 Å². The summed E-state index contributed by atoms with van der Waals surface area (Å²) in [4.78, 5) is 13.0. The number of aliphatic hydroxyl groups is 1. The molecule has 3 heterocycles. The van der Waals surface area contributed by atoms with Gasteiger partial charge in [0.15, 0.2) is 0 Å². The average molecular weight is 302 g/mol. The topological polar surface area (TPSA) is 70.3 Å². The Hall–Kier alpha value is -1.99. The quantitative estimate of drug-likeness (QED) is 0.848. The Morgan fingerprint density at radius 1 is 1.32 bits per heavy atom. The SMILES string of the molecule is CN(C)c1ncnc2c1CN(C[C@H](O)Cn1cccn1)CC2. The number of hydrogen-bond acceptors (Lipinski definition) is 6. The van der Waals surface area contributed by atoms with Crippen LogP contribution in [0, 0.1) is 0 Å². The van der Waals surface area contributed by atoms with Crippen LogP contribution in [0.2, 0.25) is 0 Å². The van der Waals surface area contributed by atoms with E-state index in [0.29, 0.717) is 13.1 Å². The molecule has 1 atom stereocenters. The lowest BCUT2D eigenvalue weighted by Crippen LogP contribution is -2.39. The second-order valence-electron chi connectivity index (χ2n) is 5.88. The maximum Gasteiger partial charge on any atom is 0.136 e. The van der Waals surface area contributed by atoms with Crippen molar-refractivity contribution in [1.82, 2.24) is 24.6 Å². The molecule has 7 nitrogen and oxygen atoms in total. The number of aliphatic hydroxyl groups excluding tert-OH is 1. The first-order valence-corrected chi connectivity index (χ1v) is 7.51. The van der Waals surface area contributed by atoms with E-state index in [1.165, 1.54) is 5.56 Å². The van der Waals surface area contributed by atoms with Crippen molar-refractivity contribution in [3.63, 3.8) is 0 Å². The highest BCUT2D eigenvalue weighted by atomic mass is 16.3. The van der Waals surface area contributed by atoms with Crippen molar-refractivity contribution in [1.29, 1.82) is 0 Å². The Morgan fingerprint density at radius 2 is 2.18 bits per heavy atom. The Balaban J connectivity index is 1.66. The summed E-state index contributed by atoms with van der Waals surface area (Å²) in [6, 6.07) is 1.87. The van der Waals surface area contributed by atoms with E-state index in [-0.39, 0.29) is 0 Å². The molecule has 0 spiro atoms. The lowest BCUT2D eigenvalue weighted by atomic mass is 10.1. The molecule has 0 aromatic carbocycles. The van der Waals surface area contributed by atoms with E-state index in [2.05, 4.69) is 20.0 Å². The van der Waals surface area contributed by atoms with Crippen LogP contribution in [0.4, 0.5) is 5.82 Å². The fourth-order valence-electron chi connectivity index (χ4n) is 2.90. The monoisotopic (exact) mass is 302 g/mol. The number of anilines is 1. The highest BCUT2D eigenvalue weighted by Crippen LogP contribution is 2.24. The van der Waals surface area contributed by atoms with Gasteiger partial charge in [0.1, 0.15) is 12.1 Å². The fraction of sp³-hybridized carbons (Fsp3) is 0.533. The summed E-state index contributed by atoms with van der Waals surface area (Å²) >= 11 is 0. The maximum atomic E-state index is 10.3. The van der Waals surface area contributed by atoms with Gasteiger partial charge in [0.2, 0.25) is 0 Å². The molecule has 1 aliphatic rings. The number of fused-ring (bicyclic) bond motifs is 1. The van der Waals surface area contributed by atoms with Crippen molar-refractivity contribution < 1.29 is 5.11 Å². The molecular weight excluding hydrogens is 280 g/mol. The van der Waals surface area contributed by atoms with Crippen LogP contribution in [0.3, 0.4) is 0 Å². The number of rotatable bonds is 5. The lowest BCUT2D eigenvalue weighted by Gasteiger charge is -2.31. The molecule has 0 unspecified atom stereocenters. The summed E-state index contributed by atoms with van der Waals surface area (Å²) in [5, 5.41) is 14.4. The molecule has 22 heavy (non-hydrogen) atoms. The molecular formula is C15H22N6O. The number of nitrogens with zero attached hydrogens (tertiary/aromatic N) is 6. The van der Waals surface area contributed by atoms with Crippen LogP contribution in [0.25, 0.3) is 0 Å². The van der Waals surface area contributed by atoms with Gasteiger partial charge in [-0.05, 0) is 6.07 Å². The molecule has 1 N–H and O–H groups in total. The van der Waals surface area contributed by atoms with E-state index >= 15 is 0 Å². The van der Waals surface area contributed by atoms with E-state index in [1.807, 2.05) is 31.3 Å². The Kier molecular flexibility index (Phi) is 4.35. The first-order valence-electron chi connectivity index (χ1n) is 7.51. The number of hydrogen-bond donors (Lipinski definition) is 1. The highest BCUT2D eigenvalue weighted by molar-refractivity contribution is 5.48. The zero-order chi connectivity index (χ0) is 15.5. The minimum atomic E-state index is -0.436. The van der Waals surface area contributed by atoms with Crippen LogP contribution in [-0.2, 0) is 19.5 Å². The van der Waals surface area contributed by atoms with Crippen LogP contribution in [0.1, 0.15) is 11.3 Å². The van der Waals surface area contributed by atoms with Gasteiger partial charge in [-0.15, -0.1) is 0 Å². The molecule has 2 aromatic rings. The van der Waals surface area contributed by atoms with Gasteiger partial charge in [0, 0.05) is 58.1 Å². The fourth-order valence-corrected chi connectivity index (χ4v) is 2.90. The van der Waals surface area contributed by atoms with Gasteiger partial charge in [0.25, 0.3) is 0 Å². The first-order chi connectivity index (χ1) is 10.6. The third-order valence-electron chi connectivity index (χ3n) is 3.91. The summed E-state index contributed by atoms with van der Waals surface area (Å²) in [5.74, 6) is 0.969.